The predicted octanol–water partition coefficient (Wildman–Crippen LogP) is 2.22. The van der Waals surface area contributed by atoms with E-state index in [4.69, 9.17) is 15.2 Å². The lowest BCUT2D eigenvalue weighted by Gasteiger charge is -2.35. The van der Waals surface area contributed by atoms with Crippen molar-refractivity contribution in [2.24, 2.45) is 5.73 Å². The van der Waals surface area contributed by atoms with Crippen LogP contribution in [0.2, 0.25) is 0 Å². The van der Waals surface area contributed by atoms with Crippen LogP contribution < -0.4 is 15.2 Å². The van der Waals surface area contributed by atoms with Crippen molar-refractivity contribution >= 4 is 0 Å². The molecule has 0 bridgehead atoms. The summed E-state index contributed by atoms with van der Waals surface area (Å²) in [6.45, 7) is 2.02. The Balaban J connectivity index is 2.41. The molecule has 88 valence electrons. The summed E-state index contributed by atoms with van der Waals surface area (Å²) < 4.78 is 10.8. The van der Waals surface area contributed by atoms with Gasteiger partial charge in [-0.25, -0.2) is 0 Å². The molecule has 16 heavy (non-hydrogen) atoms. The molecule has 2 unspecified atom stereocenters. The first-order chi connectivity index (χ1) is 7.67. The van der Waals surface area contributed by atoms with Gasteiger partial charge >= 0.3 is 0 Å². The number of methoxy groups -OCH3 is 2. The quantitative estimate of drug-likeness (QED) is 0.851. The molecule has 1 saturated carbocycles. The van der Waals surface area contributed by atoms with Gasteiger partial charge in [-0.2, -0.15) is 0 Å². The molecule has 0 saturated heterocycles. The average molecular weight is 221 g/mol. The van der Waals surface area contributed by atoms with Gasteiger partial charge in [0.15, 0.2) is 0 Å². The third-order valence-electron chi connectivity index (χ3n) is 3.47. The lowest BCUT2D eigenvalue weighted by Crippen LogP contribution is -2.37. The van der Waals surface area contributed by atoms with Crippen LogP contribution in [-0.2, 0) is 0 Å². The highest BCUT2D eigenvalue weighted by Crippen LogP contribution is 2.42. The predicted molar refractivity (Wildman–Crippen MR) is 64.2 cm³/mol. The zero-order valence-corrected chi connectivity index (χ0v) is 10.1. The number of nitrogens with two attached hydrogens (primary N) is 1. The van der Waals surface area contributed by atoms with Crippen LogP contribution in [0, 0.1) is 6.92 Å². The van der Waals surface area contributed by atoms with Crippen LogP contribution in [-0.4, -0.2) is 20.3 Å². The fourth-order valence-electron chi connectivity index (χ4n) is 2.28. The van der Waals surface area contributed by atoms with Crippen LogP contribution in [0.15, 0.2) is 12.1 Å². The summed E-state index contributed by atoms with van der Waals surface area (Å²) in [5.41, 5.74) is 8.29. The van der Waals surface area contributed by atoms with Gasteiger partial charge in [0, 0.05) is 17.5 Å². The Labute approximate surface area is 96.5 Å². The van der Waals surface area contributed by atoms with Gasteiger partial charge in [0.2, 0.25) is 0 Å². The van der Waals surface area contributed by atoms with Crippen molar-refractivity contribution in [2.75, 3.05) is 14.2 Å². The molecule has 1 aromatic carbocycles. The van der Waals surface area contributed by atoms with Crippen molar-refractivity contribution in [1.82, 2.24) is 0 Å². The Morgan fingerprint density at radius 1 is 1.12 bits per heavy atom. The van der Waals surface area contributed by atoms with Gasteiger partial charge in [-0.3, -0.25) is 0 Å². The van der Waals surface area contributed by atoms with Crippen molar-refractivity contribution in [3.63, 3.8) is 0 Å². The van der Waals surface area contributed by atoms with Gasteiger partial charge < -0.3 is 15.2 Å². The van der Waals surface area contributed by atoms with Crippen LogP contribution >= 0.6 is 0 Å². The molecule has 3 nitrogen and oxygen atoms in total. The number of ether oxygens (including phenoxy) is 2. The van der Waals surface area contributed by atoms with Gasteiger partial charge in [-0.1, -0.05) is 0 Å². The van der Waals surface area contributed by atoms with Crippen molar-refractivity contribution in [3.05, 3.63) is 23.3 Å². The molecule has 2 atom stereocenters. The lowest BCUT2D eigenvalue weighted by atomic mass is 9.75. The zero-order valence-electron chi connectivity index (χ0n) is 10.1. The molecule has 1 aromatic rings. The molecule has 2 N–H and O–H groups in total. The third-order valence-corrected chi connectivity index (χ3v) is 3.47. The average Bonchev–Trinajstić information content (AvgIpc) is 2.28. The second-order valence-electron chi connectivity index (χ2n) is 4.41. The molecule has 0 amide bonds. The Bertz CT molecular complexity index is 390. The lowest BCUT2D eigenvalue weighted by molar-refractivity contribution is 0.326. The molecule has 0 aliphatic heterocycles. The van der Waals surface area contributed by atoms with Gasteiger partial charge in [-0.05, 0) is 37.5 Å². The van der Waals surface area contributed by atoms with E-state index in [-0.39, 0.29) is 6.04 Å². The van der Waals surface area contributed by atoms with Crippen LogP contribution in [0.3, 0.4) is 0 Å². The van der Waals surface area contributed by atoms with E-state index >= 15 is 0 Å². The minimum atomic E-state index is 0.265. The molecule has 1 aliphatic carbocycles. The summed E-state index contributed by atoms with van der Waals surface area (Å²) in [6.07, 6.45) is 2.24. The number of aryl methyl sites for hydroxylation is 1. The largest absolute Gasteiger partial charge is 0.496 e. The Morgan fingerprint density at radius 2 is 1.81 bits per heavy atom. The molecule has 0 heterocycles. The van der Waals surface area contributed by atoms with Gasteiger partial charge in [0.1, 0.15) is 11.5 Å². The van der Waals surface area contributed by atoms with E-state index in [1.165, 1.54) is 5.56 Å². The molecule has 1 fully saturated rings. The van der Waals surface area contributed by atoms with E-state index in [0.29, 0.717) is 5.92 Å². The fourth-order valence-corrected chi connectivity index (χ4v) is 2.28. The van der Waals surface area contributed by atoms with Gasteiger partial charge in [-0.15, -0.1) is 0 Å². The first kappa shape index (κ1) is 11.3. The molecular weight excluding hydrogens is 202 g/mol. The maximum absolute atomic E-state index is 6.01. The number of hydrogen-bond donors (Lipinski definition) is 1. The Hall–Kier alpha value is -1.22. The number of benzene rings is 1. The highest BCUT2D eigenvalue weighted by Gasteiger charge is 2.31. The molecule has 0 spiro atoms. The molecule has 0 radical (unpaired) electrons. The Kier molecular flexibility index (Phi) is 3.06. The summed E-state index contributed by atoms with van der Waals surface area (Å²) >= 11 is 0. The zero-order chi connectivity index (χ0) is 11.7. The maximum Gasteiger partial charge on any atom is 0.122 e. The van der Waals surface area contributed by atoms with Crippen LogP contribution in [0.4, 0.5) is 0 Å². The Morgan fingerprint density at radius 3 is 2.25 bits per heavy atom. The standard InChI is InChI=1S/C13H19NO2/c1-8-6-13(16-3)10(7-12(8)15-2)9-4-5-11(9)14/h6-7,9,11H,4-5,14H2,1-3H3. The fraction of sp³-hybridized carbons (Fsp3) is 0.538. The highest BCUT2D eigenvalue weighted by atomic mass is 16.5. The van der Waals surface area contributed by atoms with Crippen molar-refractivity contribution < 1.29 is 9.47 Å². The SMILES string of the molecule is COc1cc(C2CCC2N)c(OC)cc1C. The summed E-state index contributed by atoms with van der Waals surface area (Å²) in [4.78, 5) is 0. The monoisotopic (exact) mass is 221 g/mol. The van der Waals surface area contributed by atoms with Crippen LogP contribution in [0.25, 0.3) is 0 Å². The van der Waals surface area contributed by atoms with Crippen molar-refractivity contribution in [1.29, 1.82) is 0 Å². The van der Waals surface area contributed by atoms with Gasteiger partial charge in [0.05, 0.1) is 14.2 Å². The van der Waals surface area contributed by atoms with Crippen molar-refractivity contribution in [3.8, 4) is 11.5 Å². The number of rotatable bonds is 3. The highest BCUT2D eigenvalue weighted by molar-refractivity contribution is 5.48. The molecule has 0 aromatic heterocycles. The molecule has 1 aliphatic rings. The van der Waals surface area contributed by atoms with Crippen molar-refractivity contribution in [2.45, 2.75) is 31.7 Å². The minimum absolute atomic E-state index is 0.265. The van der Waals surface area contributed by atoms with Gasteiger partial charge in [0.25, 0.3) is 0 Å². The van der Waals surface area contributed by atoms with E-state index in [2.05, 4.69) is 6.07 Å². The van der Waals surface area contributed by atoms with E-state index in [1.54, 1.807) is 14.2 Å². The topological polar surface area (TPSA) is 44.5 Å². The van der Waals surface area contributed by atoms with Crippen LogP contribution in [0.5, 0.6) is 11.5 Å². The number of hydrogen-bond acceptors (Lipinski definition) is 3. The second-order valence-corrected chi connectivity index (χ2v) is 4.41. The first-order valence-electron chi connectivity index (χ1n) is 5.65. The van der Waals surface area contributed by atoms with E-state index in [0.717, 1.165) is 29.9 Å². The normalized spacial score (nSPS) is 23.8. The summed E-state index contributed by atoms with van der Waals surface area (Å²) in [7, 11) is 3.40. The molecule has 3 heteroatoms. The maximum atomic E-state index is 6.01. The molecular formula is C13H19NO2. The smallest absolute Gasteiger partial charge is 0.122 e. The summed E-state index contributed by atoms with van der Waals surface area (Å²) in [6, 6.07) is 4.36. The first-order valence-corrected chi connectivity index (χ1v) is 5.65. The van der Waals surface area contributed by atoms with Crippen LogP contribution in [0.1, 0.15) is 29.9 Å². The minimum Gasteiger partial charge on any atom is -0.496 e. The third kappa shape index (κ3) is 1.76. The van der Waals surface area contributed by atoms with E-state index in [9.17, 15) is 0 Å². The second kappa shape index (κ2) is 4.34. The summed E-state index contributed by atoms with van der Waals surface area (Å²) in [5, 5.41) is 0. The summed E-state index contributed by atoms with van der Waals surface area (Å²) in [5.74, 6) is 2.26. The van der Waals surface area contributed by atoms with E-state index in [1.807, 2.05) is 13.0 Å². The van der Waals surface area contributed by atoms with E-state index < -0.39 is 0 Å². The molecule has 2 rings (SSSR count).